The molecule has 0 heteroatoms. The molecule has 9 aromatic carbocycles. The second-order valence-electron chi connectivity index (χ2n) is 18.0. The molecule has 0 amide bonds. The van der Waals surface area contributed by atoms with E-state index in [1.165, 1.54) is 121 Å². The lowest BCUT2D eigenvalue weighted by Crippen LogP contribution is -2.18. The van der Waals surface area contributed by atoms with Crippen molar-refractivity contribution in [2.75, 3.05) is 0 Å². The van der Waals surface area contributed by atoms with E-state index in [0.717, 1.165) is 0 Å². The molecule has 0 bridgehead atoms. The second-order valence-corrected chi connectivity index (χ2v) is 18.0. The molecule has 262 valence electrons. The van der Waals surface area contributed by atoms with Crippen molar-refractivity contribution in [2.24, 2.45) is 0 Å². The van der Waals surface area contributed by atoms with Gasteiger partial charge in [-0.25, -0.2) is 0 Å². The van der Waals surface area contributed by atoms with Gasteiger partial charge in [0.05, 0.1) is 0 Å². The molecule has 0 N–H and O–H groups in total. The van der Waals surface area contributed by atoms with Crippen LogP contribution >= 0.6 is 0 Å². The summed E-state index contributed by atoms with van der Waals surface area (Å²) in [4.78, 5) is 0. The van der Waals surface area contributed by atoms with Gasteiger partial charge in [-0.2, -0.15) is 0 Å². The largest absolute Gasteiger partial charge is 0.0619 e. The lowest BCUT2D eigenvalue weighted by molar-refractivity contribution is 0.653. The molecule has 55 heavy (non-hydrogen) atoms. The number of rotatable bonds is 2. The molecule has 0 atom stereocenters. The monoisotopic (exact) mass is 702 g/mol. The highest BCUT2D eigenvalue weighted by atomic mass is 14.5. The fourth-order valence-corrected chi connectivity index (χ4v) is 11.5. The van der Waals surface area contributed by atoms with Gasteiger partial charge >= 0.3 is 0 Å². The Morgan fingerprint density at radius 2 is 0.782 bits per heavy atom. The Labute approximate surface area is 323 Å². The van der Waals surface area contributed by atoms with Crippen molar-refractivity contribution >= 4 is 32.3 Å². The Morgan fingerprint density at radius 3 is 1.45 bits per heavy atom. The molecule has 0 fully saturated rings. The van der Waals surface area contributed by atoms with E-state index >= 15 is 0 Å². The normalized spacial score (nSPS) is 16.3. The van der Waals surface area contributed by atoms with E-state index in [0.29, 0.717) is 0 Å². The van der Waals surface area contributed by atoms with Gasteiger partial charge in [-0.05, 0) is 133 Å². The third kappa shape index (κ3) is 3.78. The Morgan fingerprint density at radius 1 is 0.309 bits per heavy atom. The molecule has 0 saturated heterocycles. The van der Waals surface area contributed by atoms with Crippen molar-refractivity contribution in [3.05, 3.63) is 179 Å². The van der Waals surface area contributed by atoms with Gasteiger partial charge in [-0.15, -0.1) is 0 Å². The SMILES string of the molecule is CC1(C)c2ccccc2-c2ccc(-c3ccc4ccc5c(-c6c7c(cc8c6C(C)(C)c6ccccc6-8)C(C)(C)c6ccccc6-7)ccc6ccc3c4c65)cc21. The molecule has 0 radical (unpaired) electrons. The molecule has 0 heterocycles. The van der Waals surface area contributed by atoms with Gasteiger partial charge in [0.25, 0.3) is 0 Å². The van der Waals surface area contributed by atoms with Crippen molar-refractivity contribution in [3.63, 3.8) is 0 Å². The minimum absolute atomic E-state index is 0.0442. The first-order valence-corrected chi connectivity index (χ1v) is 19.9. The predicted octanol–water partition coefficient (Wildman–Crippen LogP) is 14.8. The minimum Gasteiger partial charge on any atom is -0.0619 e. The third-order valence-corrected chi connectivity index (χ3v) is 14.2. The fourth-order valence-electron chi connectivity index (χ4n) is 11.5. The zero-order chi connectivity index (χ0) is 37.2. The highest BCUT2D eigenvalue weighted by molar-refractivity contribution is 6.28. The number of fused-ring (bicyclic) bond motifs is 9. The average Bonchev–Trinajstić information content (AvgIpc) is 3.69. The van der Waals surface area contributed by atoms with Gasteiger partial charge in [0, 0.05) is 16.2 Å². The maximum Gasteiger partial charge on any atom is 0.0165 e. The van der Waals surface area contributed by atoms with Crippen LogP contribution in [-0.4, -0.2) is 0 Å². The molecule has 0 aliphatic heterocycles. The van der Waals surface area contributed by atoms with E-state index in [1.807, 2.05) is 0 Å². The van der Waals surface area contributed by atoms with Crippen molar-refractivity contribution in [1.82, 2.24) is 0 Å². The molecule has 0 aromatic heterocycles. The first kappa shape index (κ1) is 31.4. The van der Waals surface area contributed by atoms with Crippen LogP contribution in [0.2, 0.25) is 0 Å². The van der Waals surface area contributed by atoms with Gasteiger partial charge in [0.1, 0.15) is 0 Å². The van der Waals surface area contributed by atoms with Crippen LogP contribution < -0.4 is 0 Å². The molecular weight excluding hydrogens is 661 g/mol. The molecule has 0 saturated carbocycles. The van der Waals surface area contributed by atoms with E-state index in [9.17, 15) is 0 Å². The van der Waals surface area contributed by atoms with Crippen LogP contribution in [0.4, 0.5) is 0 Å². The van der Waals surface area contributed by atoms with E-state index in [-0.39, 0.29) is 16.2 Å². The molecule has 0 unspecified atom stereocenters. The van der Waals surface area contributed by atoms with Crippen LogP contribution in [0.3, 0.4) is 0 Å². The Kier molecular flexibility index (Phi) is 5.82. The molecule has 0 nitrogen and oxygen atoms in total. The van der Waals surface area contributed by atoms with Crippen LogP contribution in [0.1, 0.15) is 74.9 Å². The Hall–Kier alpha value is -5.98. The standard InChI is InChI=1S/C55H42/c1-53(2)43-16-10-7-13-35(43)37-25-23-33(29-46(37)53)34-24-19-31-21-27-39-40(28-22-32-20-26-38(34)48(31)49(32)39)51-50-41-15-9-12-18-45(41)54(3,4)47(50)30-42-36-14-8-11-17-44(36)55(5,6)52(42)51/h7-30H,1-6H3. The summed E-state index contributed by atoms with van der Waals surface area (Å²) in [5, 5.41) is 7.99. The van der Waals surface area contributed by atoms with Crippen molar-refractivity contribution in [1.29, 1.82) is 0 Å². The van der Waals surface area contributed by atoms with Gasteiger partial charge in [0.2, 0.25) is 0 Å². The minimum atomic E-state index is -0.157. The van der Waals surface area contributed by atoms with Crippen molar-refractivity contribution < 1.29 is 0 Å². The van der Waals surface area contributed by atoms with E-state index in [2.05, 4.69) is 187 Å². The maximum absolute atomic E-state index is 2.56. The molecule has 3 aliphatic rings. The second kappa shape index (κ2) is 10.2. The predicted molar refractivity (Wildman–Crippen MR) is 234 cm³/mol. The molecule has 3 aliphatic carbocycles. The molecule has 0 spiro atoms. The molecule has 12 rings (SSSR count). The third-order valence-electron chi connectivity index (χ3n) is 14.2. The van der Waals surface area contributed by atoms with Crippen LogP contribution in [0.15, 0.2) is 146 Å². The quantitative estimate of drug-likeness (QED) is 0.157. The van der Waals surface area contributed by atoms with Gasteiger partial charge in [-0.3, -0.25) is 0 Å². The molecular formula is C55H42. The Balaban J connectivity index is 1.16. The van der Waals surface area contributed by atoms with Crippen molar-refractivity contribution in [2.45, 2.75) is 57.8 Å². The van der Waals surface area contributed by atoms with Gasteiger partial charge in [0.15, 0.2) is 0 Å². The van der Waals surface area contributed by atoms with Crippen LogP contribution in [-0.2, 0) is 16.2 Å². The summed E-state index contributed by atoms with van der Waals surface area (Å²) in [5.74, 6) is 0. The first-order valence-electron chi connectivity index (χ1n) is 19.9. The summed E-state index contributed by atoms with van der Waals surface area (Å²) in [6.07, 6.45) is 0. The summed E-state index contributed by atoms with van der Waals surface area (Å²) in [6.45, 7) is 14.5. The summed E-state index contributed by atoms with van der Waals surface area (Å²) >= 11 is 0. The van der Waals surface area contributed by atoms with Crippen LogP contribution in [0.25, 0.3) is 88.0 Å². The van der Waals surface area contributed by atoms with Gasteiger partial charge < -0.3 is 0 Å². The van der Waals surface area contributed by atoms with Crippen LogP contribution in [0, 0.1) is 0 Å². The van der Waals surface area contributed by atoms with E-state index in [4.69, 9.17) is 0 Å². The fraction of sp³-hybridized carbons (Fsp3) is 0.164. The highest BCUT2D eigenvalue weighted by Gasteiger charge is 2.45. The average molecular weight is 703 g/mol. The number of hydrogen-bond acceptors (Lipinski definition) is 0. The lowest BCUT2D eigenvalue weighted by atomic mass is 9.74. The number of hydrogen-bond donors (Lipinski definition) is 0. The Bertz CT molecular complexity index is 3160. The maximum atomic E-state index is 2.56. The summed E-state index contributed by atoms with van der Waals surface area (Å²) < 4.78 is 0. The summed E-state index contributed by atoms with van der Waals surface area (Å²) in [6, 6.07) is 56.1. The topological polar surface area (TPSA) is 0 Å². The first-order chi connectivity index (χ1) is 26.6. The highest BCUT2D eigenvalue weighted by Crippen LogP contribution is 2.61. The zero-order valence-corrected chi connectivity index (χ0v) is 32.4. The van der Waals surface area contributed by atoms with E-state index < -0.39 is 0 Å². The zero-order valence-electron chi connectivity index (χ0n) is 32.4. The van der Waals surface area contributed by atoms with Gasteiger partial charge in [-0.1, -0.05) is 175 Å². The smallest absolute Gasteiger partial charge is 0.0165 e. The van der Waals surface area contributed by atoms with Crippen molar-refractivity contribution in [3.8, 4) is 55.6 Å². The van der Waals surface area contributed by atoms with Crippen LogP contribution in [0.5, 0.6) is 0 Å². The summed E-state index contributed by atoms with van der Waals surface area (Å²) in [7, 11) is 0. The van der Waals surface area contributed by atoms with E-state index in [1.54, 1.807) is 0 Å². The number of benzene rings is 9. The summed E-state index contributed by atoms with van der Waals surface area (Å²) in [5.41, 5.74) is 21.9. The lowest BCUT2D eigenvalue weighted by Gasteiger charge is -2.29. The molecule has 9 aromatic rings.